The third-order valence-electron chi connectivity index (χ3n) is 4.99. The summed E-state index contributed by atoms with van der Waals surface area (Å²) in [5.74, 6) is 0.145. The van der Waals surface area contributed by atoms with E-state index in [1.165, 1.54) is 16.0 Å². The Balaban J connectivity index is 1.65. The van der Waals surface area contributed by atoms with E-state index < -0.39 is 6.10 Å². The largest absolute Gasteiger partial charge is 0.386 e. The van der Waals surface area contributed by atoms with Gasteiger partial charge in [-0.15, -0.1) is 11.3 Å². The maximum absolute atomic E-state index is 10.9. The van der Waals surface area contributed by atoms with E-state index in [4.69, 9.17) is 0 Å². The van der Waals surface area contributed by atoms with Gasteiger partial charge < -0.3 is 9.67 Å². The minimum atomic E-state index is -0.499. The van der Waals surface area contributed by atoms with Crippen LogP contribution in [0.4, 0.5) is 0 Å². The summed E-state index contributed by atoms with van der Waals surface area (Å²) < 4.78 is 2.22. The Bertz CT molecular complexity index is 853. The first-order valence-electron chi connectivity index (χ1n) is 7.56. The van der Waals surface area contributed by atoms with Crippen LogP contribution in [0.2, 0.25) is 0 Å². The van der Waals surface area contributed by atoms with Gasteiger partial charge in [0.05, 0.1) is 35.5 Å². The molecule has 0 radical (unpaired) electrons. The minimum Gasteiger partial charge on any atom is -0.386 e. The zero-order valence-electron chi connectivity index (χ0n) is 11.9. The molecule has 0 bridgehead atoms. The van der Waals surface area contributed by atoms with Gasteiger partial charge in [-0.2, -0.15) is 0 Å². The van der Waals surface area contributed by atoms with Gasteiger partial charge >= 0.3 is 0 Å². The number of hydrogen-bond donors (Lipinski definition) is 1. The van der Waals surface area contributed by atoms with Gasteiger partial charge in [0.15, 0.2) is 0 Å². The van der Waals surface area contributed by atoms with Crippen molar-refractivity contribution in [1.29, 1.82) is 0 Å². The number of fused-ring (bicyclic) bond motifs is 4. The molecule has 1 unspecified atom stereocenters. The van der Waals surface area contributed by atoms with Crippen molar-refractivity contribution in [3.63, 3.8) is 0 Å². The SMILES string of the molecule is O[C@H]1c2ncsc2CC[C@@H]1C1c2ccccc2-c2cncn21. The van der Waals surface area contributed by atoms with Gasteiger partial charge in [0.1, 0.15) is 6.10 Å². The normalized spacial score (nSPS) is 25.6. The van der Waals surface area contributed by atoms with Gasteiger partial charge in [-0.3, -0.25) is 0 Å². The molecule has 0 saturated heterocycles. The number of imidazole rings is 1. The van der Waals surface area contributed by atoms with Gasteiger partial charge in [-0.05, 0) is 18.4 Å². The lowest BCUT2D eigenvalue weighted by molar-refractivity contribution is 0.0692. The summed E-state index contributed by atoms with van der Waals surface area (Å²) in [6, 6.07) is 8.62. The highest BCUT2D eigenvalue weighted by Crippen LogP contribution is 2.49. The number of aliphatic hydroxyl groups excluding tert-OH is 1. The molecule has 2 aliphatic rings. The Morgan fingerprint density at radius 1 is 1.27 bits per heavy atom. The van der Waals surface area contributed by atoms with Gasteiger partial charge in [-0.25, -0.2) is 9.97 Å². The van der Waals surface area contributed by atoms with Crippen molar-refractivity contribution in [3.8, 4) is 11.3 Å². The molecule has 0 saturated carbocycles. The number of aliphatic hydroxyl groups is 1. The van der Waals surface area contributed by atoms with Crippen LogP contribution < -0.4 is 0 Å². The van der Waals surface area contributed by atoms with E-state index >= 15 is 0 Å². The first-order chi connectivity index (χ1) is 10.8. The molecule has 0 spiro atoms. The lowest BCUT2D eigenvalue weighted by atomic mass is 9.80. The lowest BCUT2D eigenvalue weighted by Crippen LogP contribution is -2.28. The van der Waals surface area contributed by atoms with Gasteiger partial charge in [0, 0.05) is 16.4 Å². The van der Waals surface area contributed by atoms with E-state index in [0.29, 0.717) is 0 Å². The molecule has 5 heteroatoms. The Labute approximate surface area is 132 Å². The second kappa shape index (κ2) is 4.51. The molecule has 2 aromatic heterocycles. The van der Waals surface area contributed by atoms with Crippen LogP contribution in [0, 0.1) is 5.92 Å². The zero-order chi connectivity index (χ0) is 14.7. The van der Waals surface area contributed by atoms with Crippen molar-refractivity contribution in [2.45, 2.75) is 25.0 Å². The fraction of sp³-hybridized carbons (Fsp3) is 0.294. The van der Waals surface area contributed by atoms with E-state index in [-0.39, 0.29) is 12.0 Å². The van der Waals surface area contributed by atoms with Crippen molar-refractivity contribution < 1.29 is 5.11 Å². The average Bonchev–Trinajstić information content (AvgIpc) is 3.23. The number of hydrogen-bond acceptors (Lipinski definition) is 4. The van der Waals surface area contributed by atoms with Crippen LogP contribution in [0.15, 0.2) is 42.3 Å². The number of aryl methyl sites for hydroxylation is 1. The third kappa shape index (κ3) is 1.55. The van der Waals surface area contributed by atoms with E-state index in [1.807, 2.05) is 18.0 Å². The fourth-order valence-electron chi connectivity index (χ4n) is 4.01. The number of thiazole rings is 1. The smallest absolute Gasteiger partial charge is 0.102 e. The van der Waals surface area contributed by atoms with Crippen LogP contribution in [0.1, 0.15) is 34.7 Å². The van der Waals surface area contributed by atoms with E-state index in [9.17, 15) is 5.11 Å². The van der Waals surface area contributed by atoms with Crippen molar-refractivity contribution >= 4 is 11.3 Å². The Morgan fingerprint density at radius 3 is 3.14 bits per heavy atom. The lowest BCUT2D eigenvalue weighted by Gasteiger charge is -2.33. The predicted molar refractivity (Wildman–Crippen MR) is 84.7 cm³/mol. The van der Waals surface area contributed by atoms with Gasteiger partial charge in [0.25, 0.3) is 0 Å². The van der Waals surface area contributed by atoms with E-state index in [1.54, 1.807) is 11.3 Å². The van der Waals surface area contributed by atoms with Gasteiger partial charge in [-0.1, -0.05) is 24.3 Å². The molecule has 3 atom stereocenters. The molecule has 5 rings (SSSR count). The van der Waals surface area contributed by atoms with Crippen molar-refractivity contribution in [1.82, 2.24) is 14.5 Å². The number of rotatable bonds is 1. The predicted octanol–water partition coefficient (Wildman–Crippen LogP) is 3.21. The molecule has 110 valence electrons. The van der Waals surface area contributed by atoms with Crippen molar-refractivity contribution in [2.75, 3.05) is 0 Å². The molecule has 0 fully saturated rings. The summed E-state index contributed by atoms with van der Waals surface area (Å²) in [6.07, 6.45) is 5.30. The average molecular weight is 309 g/mol. The summed E-state index contributed by atoms with van der Waals surface area (Å²) in [6.45, 7) is 0. The summed E-state index contributed by atoms with van der Waals surface area (Å²) in [5.41, 5.74) is 6.41. The zero-order valence-corrected chi connectivity index (χ0v) is 12.7. The summed E-state index contributed by atoms with van der Waals surface area (Å²) in [7, 11) is 0. The number of nitrogens with zero attached hydrogens (tertiary/aromatic N) is 3. The highest BCUT2D eigenvalue weighted by Gasteiger charge is 2.41. The topological polar surface area (TPSA) is 50.9 Å². The first-order valence-corrected chi connectivity index (χ1v) is 8.44. The molecule has 1 aromatic carbocycles. The second-order valence-corrected chi connectivity index (χ2v) is 6.97. The molecule has 3 heterocycles. The van der Waals surface area contributed by atoms with Crippen LogP contribution in [0.5, 0.6) is 0 Å². The quantitative estimate of drug-likeness (QED) is 0.751. The molecule has 1 aliphatic heterocycles. The highest BCUT2D eigenvalue weighted by molar-refractivity contribution is 7.09. The molecule has 0 amide bonds. The third-order valence-corrected chi connectivity index (χ3v) is 5.90. The summed E-state index contributed by atoms with van der Waals surface area (Å²) >= 11 is 1.66. The monoisotopic (exact) mass is 309 g/mol. The summed E-state index contributed by atoms with van der Waals surface area (Å²) in [5, 5.41) is 10.9. The maximum atomic E-state index is 10.9. The molecule has 4 nitrogen and oxygen atoms in total. The van der Waals surface area contributed by atoms with E-state index in [2.05, 4.69) is 38.8 Å². The Hall–Kier alpha value is -1.98. The van der Waals surface area contributed by atoms with Crippen molar-refractivity contribution in [3.05, 3.63) is 58.4 Å². The van der Waals surface area contributed by atoms with E-state index in [0.717, 1.165) is 24.2 Å². The molecular formula is C17H15N3OS. The Morgan fingerprint density at radius 2 is 2.18 bits per heavy atom. The maximum Gasteiger partial charge on any atom is 0.102 e. The molecule has 1 aliphatic carbocycles. The van der Waals surface area contributed by atoms with Crippen LogP contribution >= 0.6 is 11.3 Å². The van der Waals surface area contributed by atoms with Crippen LogP contribution in [-0.2, 0) is 6.42 Å². The molecule has 3 aromatic rings. The second-order valence-electron chi connectivity index (χ2n) is 6.03. The van der Waals surface area contributed by atoms with Crippen LogP contribution in [0.25, 0.3) is 11.3 Å². The molecular weight excluding hydrogens is 294 g/mol. The van der Waals surface area contributed by atoms with Crippen molar-refractivity contribution in [2.24, 2.45) is 5.92 Å². The minimum absolute atomic E-state index is 0.145. The first kappa shape index (κ1) is 12.6. The Kier molecular flexibility index (Phi) is 2.57. The fourth-order valence-corrected chi connectivity index (χ4v) is 4.83. The van der Waals surface area contributed by atoms with Crippen LogP contribution in [-0.4, -0.2) is 19.6 Å². The highest BCUT2D eigenvalue weighted by atomic mass is 32.1. The number of aromatic nitrogens is 3. The standard InChI is InChI=1S/C17H15N3OS/c21-17-12(5-6-14-15(17)19-9-22-14)16-11-4-2-1-3-10(11)13-7-18-8-20(13)16/h1-4,7-9,12,16-17,21H,5-6H2/t12-,16?,17-/m1/s1. The molecule has 22 heavy (non-hydrogen) atoms. The summed E-state index contributed by atoms with van der Waals surface area (Å²) in [4.78, 5) is 9.95. The molecule has 1 N–H and O–H groups in total. The van der Waals surface area contributed by atoms with Crippen LogP contribution in [0.3, 0.4) is 0 Å². The van der Waals surface area contributed by atoms with Gasteiger partial charge in [0.2, 0.25) is 0 Å². The number of benzene rings is 1.